The zero-order chi connectivity index (χ0) is 15.8. The Balaban J connectivity index is 5.42. The van der Waals surface area contributed by atoms with Crippen LogP contribution in [0.3, 0.4) is 0 Å². The molecule has 20 heavy (non-hydrogen) atoms. The predicted octanol–water partition coefficient (Wildman–Crippen LogP) is 1.71. The maximum absolute atomic E-state index is 12.0. The molecule has 6 heteroatoms. The van der Waals surface area contributed by atoms with Gasteiger partial charge in [0.05, 0.1) is 0 Å². The molecule has 0 rings (SSSR count). The van der Waals surface area contributed by atoms with Crippen LogP contribution in [0.4, 0.5) is 0 Å². The van der Waals surface area contributed by atoms with Crippen molar-refractivity contribution in [3.05, 3.63) is 0 Å². The van der Waals surface area contributed by atoms with Crippen LogP contribution in [0.25, 0.3) is 0 Å². The number of likely N-dealkylation sites (N-methyl/N-ethyl adjacent to an activating group) is 2. The minimum atomic E-state index is -1.11. The number of rotatable bonds is 11. The monoisotopic (exact) mass is 288 g/mol. The fourth-order valence-electron chi connectivity index (χ4n) is 2.87. The van der Waals surface area contributed by atoms with E-state index >= 15 is 0 Å². The largest absolute Gasteiger partial charge is 0.481 e. The summed E-state index contributed by atoms with van der Waals surface area (Å²) >= 11 is 0. The van der Waals surface area contributed by atoms with E-state index in [-0.39, 0.29) is 6.42 Å². The van der Waals surface area contributed by atoms with E-state index in [0.29, 0.717) is 39.0 Å². The predicted molar refractivity (Wildman–Crippen MR) is 77.7 cm³/mol. The van der Waals surface area contributed by atoms with Crippen molar-refractivity contribution in [2.24, 2.45) is 0 Å². The van der Waals surface area contributed by atoms with Gasteiger partial charge in [0.2, 0.25) is 0 Å². The Kier molecular flexibility index (Phi) is 8.41. The summed E-state index contributed by atoms with van der Waals surface area (Å²) in [4.78, 5) is 26.5. The smallest absolute Gasteiger partial charge is 0.339 e. The van der Waals surface area contributed by atoms with Crippen LogP contribution in [0.15, 0.2) is 0 Å². The molecule has 0 aliphatic carbocycles. The standard InChI is InChI=1S/C14H28N2O4/c1-5-15(6-2)14(13(19)20,16(7-3)8-4)11-9-10-12(17)18/h5-11H2,1-4H3,(H,17,18)(H,19,20). The van der Waals surface area contributed by atoms with E-state index in [0.717, 1.165) is 0 Å². The van der Waals surface area contributed by atoms with Crippen LogP contribution < -0.4 is 0 Å². The first-order chi connectivity index (χ1) is 9.40. The van der Waals surface area contributed by atoms with Crippen LogP contribution >= 0.6 is 0 Å². The summed E-state index contributed by atoms with van der Waals surface area (Å²) in [7, 11) is 0. The molecule has 0 spiro atoms. The van der Waals surface area contributed by atoms with Crippen molar-refractivity contribution in [2.75, 3.05) is 26.2 Å². The second-order valence-corrected chi connectivity index (χ2v) is 4.71. The molecule has 118 valence electrons. The van der Waals surface area contributed by atoms with Crippen LogP contribution in [-0.4, -0.2) is 63.8 Å². The van der Waals surface area contributed by atoms with Crippen LogP contribution in [0.5, 0.6) is 0 Å². The minimum Gasteiger partial charge on any atom is -0.481 e. The second-order valence-electron chi connectivity index (χ2n) is 4.71. The number of carboxylic acid groups (broad SMARTS) is 2. The number of hydrogen-bond acceptors (Lipinski definition) is 4. The van der Waals surface area contributed by atoms with Crippen molar-refractivity contribution in [2.45, 2.75) is 52.6 Å². The van der Waals surface area contributed by atoms with E-state index in [9.17, 15) is 14.7 Å². The molecular weight excluding hydrogens is 260 g/mol. The van der Waals surface area contributed by atoms with Crippen molar-refractivity contribution in [3.63, 3.8) is 0 Å². The van der Waals surface area contributed by atoms with Crippen LogP contribution in [-0.2, 0) is 9.59 Å². The van der Waals surface area contributed by atoms with Gasteiger partial charge in [-0.05, 0) is 39.0 Å². The Morgan fingerprint density at radius 3 is 1.55 bits per heavy atom. The molecule has 0 aromatic heterocycles. The van der Waals surface area contributed by atoms with Crippen molar-refractivity contribution in [3.8, 4) is 0 Å². The fourth-order valence-corrected chi connectivity index (χ4v) is 2.87. The van der Waals surface area contributed by atoms with Gasteiger partial charge < -0.3 is 10.2 Å². The lowest BCUT2D eigenvalue weighted by molar-refractivity contribution is -0.170. The number of hydrogen-bond donors (Lipinski definition) is 2. The van der Waals surface area contributed by atoms with Gasteiger partial charge in [-0.1, -0.05) is 27.7 Å². The fraction of sp³-hybridized carbons (Fsp3) is 0.857. The van der Waals surface area contributed by atoms with Crippen LogP contribution in [0.2, 0.25) is 0 Å². The van der Waals surface area contributed by atoms with Gasteiger partial charge in [0.15, 0.2) is 5.66 Å². The summed E-state index contributed by atoms with van der Waals surface area (Å²) in [6.07, 6.45) is 0.671. The van der Waals surface area contributed by atoms with E-state index < -0.39 is 17.6 Å². The second kappa shape index (κ2) is 8.92. The Bertz CT molecular complexity index is 300. The summed E-state index contributed by atoms with van der Waals surface area (Å²) in [6.45, 7) is 10.2. The lowest BCUT2D eigenvalue weighted by Gasteiger charge is -2.47. The van der Waals surface area contributed by atoms with Gasteiger partial charge in [0.25, 0.3) is 0 Å². The first kappa shape index (κ1) is 18.9. The zero-order valence-electron chi connectivity index (χ0n) is 13.1. The molecule has 0 aliphatic rings. The molecule has 2 N–H and O–H groups in total. The summed E-state index contributed by atoms with van der Waals surface area (Å²) in [5.74, 6) is -1.78. The minimum absolute atomic E-state index is 0.00241. The summed E-state index contributed by atoms with van der Waals surface area (Å²) < 4.78 is 0. The summed E-state index contributed by atoms with van der Waals surface area (Å²) in [5, 5.41) is 18.6. The quantitative estimate of drug-likeness (QED) is 0.563. The molecule has 0 aromatic rings. The Hall–Kier alpha value is -1.14. The topological polar surface area (TPSA) is 81.1 Å². The molecule has 0 fully saturated rings. The first-order valence-electron chi connectivity index (χ1n) is 7.35. The summed E-state index contributed by atoms with van der Waals surface area (Å²) in [6, 6.07) is 0. The lowest BCUT2D eigenvalue weighted by Crippen LogP contribution is -2.65. The highest BCUT2D eigenvalue weighted by Crippen LogP contribution is 2.27. The van der Waals surface area contributed by atoms with E-state index in [4.69, 9.17) is 5.11 Å². The molecule has 0 atom stereocenters. The van der Waals surface area contributed by atoms with Gasteiger partial charge in [-0.15, -0.1) is 0 Å². The molecule has 0 unspecified atom stereocenters. The van der Waals surface area contributed by atoms with Crippen LogP contribution in [0, 0.1) is 0 Å². The maximum Gasteiger partial charge on any atom is 0.339 e. The molecule has 0 aromatic carbocycles. The molecule has 0 saturated heterocycles. The molecule has 0 heterocycles. The average Bonchev–Trinajstić information content (AvgIpc) is 2.39. The lowest BCUT2D eigenvalue weighted by atomic mass is 9.97. The van der Waals surface area contributed by atoms with Crippen molar-refractivity contribution < 1.29 is 19.8 Å². The molecule has 0 aliphatic heterocycles. The van der Waals surface area contributed by atoms with E-state index in [2.05, 4.69) is 0 Å². The highest BCUT2D eigenvalue weighted by Gasteiger charge is 2.46. The zero-order valence-corrected chi connectivity index (χ0v) is 13.1. The molecule has 0 amide bonds. The normalized spacial score (nSPS) is 12.1. The van der Waals surface area contributed by atoms with Gasteiger partial charge >= 0.3 is 11.9 Å². The molecule has 6 nitrogen and oxygen atoms in total. The third kappa shape index (κ3) is 4.18. The number of carbonyl (C=O) groups is 2. The number of nitrogens with zero attached hydrogens (tertiary/aromatic N) is 2. The van der Waals surface area contributed by atoms with E-state index in [1.54, 1.807) is 0 Å². The average molecular weight is 288 g/mol. The van der Waals surface area contributed by atoms with Crippen LogP contribution in [0.1, 0.15) is 47.0 Å². The van der Waals surface area contributed by atoms with Crippen molar-refractivity contribution in [1.82, 2.24) is 9.80 Å². The Morgan fingerprint density at radius 1 is 0.900 bits per heavy atom. The highest BCUT2D eigenvalue weighted by atomic mass is 16.4. The van der Waals surface area contributed by atoms with E-state index in [1.165, 1.54) is 0 Å². The van der Waals surface area contributed by atoms with Crippen molar-refractivity contribution in [1.29, 1.82) is 0 Å². The third-order valence-corrected chi connectivity index (χ3v) is 3.83. The van der Waals surface area contributed by atoms with Gasteiger partial charge in [0.1, 0.15) is 0 Å². The number of carboxylic acids is 2. The molecular formula is C14H28N2O4. The molecule has 0 bridgehead atoms. The highest BCUT2D eigenvalue weighted by molar-refractivity contribution is 5.78. The number of aliphatic carboxylic acids is 2. The van der Waals surface area contributed by atoms with Crippen molar-refractivity contribution >= 4 is 11.9 Å². The third-order valence-electron chi connectivity index (χ3n) is 3.83. The molecule has 0 saturated carbocycles. The van der Waals surface area contributed by atoms with Gasteiger partial charge in [-0.2, -0.15) is 0 Å². The summed E-state index contributed by atoms with van der Waals surface area (Å²) in [5.41, 5.74) is -1.11. The van der Waals surface area contributed by atoms with Gasteiger partial charge in [0, 0.05) is 6.42 Å². The van der Waals surface area contributed by atoms with Gasteiger partial charge in [-0.25, -0.2) is 4.79 Å². The Labute approximate surface area is 121 Å². The van der Waals surface area contributed by atoms with E-state index in [1.807, 2.05) is 37.5 Å². The van der Waals surface area contributed by atoms with Gasteiger partial charge in [-0.3, -0.25) is 14.6 Å². The SMILES string of the molecule is CCN(CC)C(CCCC(=O)O)(C(=O)O)N(CC)CC. The Morgan fingerprint density at radius 2 is 1.30 bits per heavy atom. The first-order valence-corrected chi connectivity index (χ1v) is 7.35. The molecule has 0 radical (unpaired) electrons. The maximum atomic E-state index is 12.0.